The van der Waals surface area contributed by atoms with Gasteiger partial charge in [-0.2, -0.15) is 0 Å². The van der Waals surface area contributed by atoms with Crippen LogP contribution in [0.2, 0.25) is 10.0 Å². The predicted molar refractivity (Wildman–Crippen MR) is 131 cm³/mol. The molecule has 3 rings (SSSR count). The van der Waals surface area contributed by atoms with Gasteiger partial charge in [-0.25, -0.2) is 0 Å². The molecule has 1 aliphatic rings. The molecule has 2 aromatic carbocycles. The van der Waals surface area contributed by atoms with Gasteiger partial charge in [0.05, 0.1) is 23.1 Å². The Kier molecular flexibility index (Phi) is 8.69. The third-order valence-electron chi connectivity index (χ3n) is 4.41. The summed E-state index contributed by atoms with van der Waals surface area (Å²) in [6, 6.07) is 8.56. The Morgan fingerprint density at radius 3 is 2.61 bits per heavy atom. The van der Waals surface area contributed by atoms with Crippen LogP contribution in [0.25, 0.3) is 6.08 Å². The number of nitrogens with zero attached hydrogens (tertiary/aromatic N) is 1. The van der Waals surface area contributed by atoms with E-state index in [1.807, 2.05) is 6.92 Å². The number of carbonyl (C=O) groups excluding carboxylic acids is 3. The lowest BCUT2D eigenvalue weighted by Crippen LogP contribution is -2.34. The second-order valence-corrected chi connectivity index (χ2v) is 9.32. The Balaban J connectivity index is 1.85. The molecule has 0 aliphatic carbocycles. The molecule has 11 heteroatoms. The smallest absolute Gasteiger partial charge is 0.325 e. The Morgan fingerprint density at radius 2 is 1.94 bits per heavy atom. The Labute approximate surface area is 213 Å². The number of imide groups is 1. The van der Waals surface area contributed by atoms with E-state index in [1.165, 1.54) is 7.11 Å². The van der Waals surface area contributed by atoms with Crippen LogP contribution < -0.4 is 9.47 Å². The van der Waals surface area contributed by atoms with E-state index in [1.54, 1.807) is 36.4 Å². The Hall–Kier alpha value is -2.20. The average Bonchev–Trinajstić information content (AvgIpc) is 3.01. The van der Waals surface area contributed by atoms with E-state index in [0.717, 1.165) is 22.2 Å². The Bertz CT molecular complexity index is 1140. The fraction of sp³-hybridized carbons (Fsp3) is 0.227. The van der Waals surface area contributed by atoms with E-state index in [2.05, 4.69) is 20.7 Å². The number of esters is 1. The van der Waals surface area contributed by atoms with E-state index in [9.17, 15) is 14.4 Å². The highest BCUT2D eigenvalue weighted by Gasteiger charge is 2.36. The summed E-state index contributed by atoms with van der Waals surface area (Å²) in [5.41, 5.74) is 1.35. The van der Waals surface area contributed by atoms with E-state index in [0.29, 0.717) is 38.2 Å². The number of halogens is 3. The lowest BCUT2D eigenvalue weighted by molar-refractivity contribution is -0.143. The number of amides is 2. The molecule has 0 radical (unpaired) electrons. The summed E-state index contributed by atoms with van der Waals surface area (Å²) >= 11 is 16.4. The molecule has 7 nitrogen and oxygen atoms in total. The zero-order valence-corrected chi connectivity index (χ0v) is 21.4. The number of ether oxygens (including phenoxy) is 3. The van der Waals surface area contributed by atoms with Gasteiger partial charge in [0, 0.05) is 15.6 Å². The van der Waals surface area contributed by atoms with Gasteiger partial charge in [0.1, 0.15) is 13.2 Å². The number of carbonyl (C=O) groups is 3. The summed E-state index contributed by atoms with van der Waals surface area (Å²) in [5.74, 6) is -0.347. The summed E-state index contributed by atoms with van der Waals surface area (Å²) in [5, 5.41) is 0.469. The maximum Gasteiger partial charge on any atom is 0.325 e. The second kappa shape index (κ2) is 11.3. The van der Waals surface area contributed by atoms with Gasteiger partial charge in [-0.1, -0.05) is 29.3 Å². The molecule has 1 saturated heterocycles. The highest BCUT2D eigenvalue weighted by atomic mass is 79.9. The second-order valence-electron chi connectivity index (χ2n) is 6.63. The SMILES string of the molecule is CCOc1cc(/C=C2\SC(=O)N(CC(=O)OC)C2=O)cc(Br)c1OCc1ccc(Cl)cc1Cl. The minimum absolute atomic E-state index is 0.180. The van der Waals surface area contributed by atoms with Crippen molar-refractivity contribution in [3.8, 4) is 11.5 Å². The maximum absolute atomic E-state index is 12.6. The number of methoxy groups -OCH3 is 1. The fourth-order valence-electron chi connectivity index (χ4n) is 2.84. The summed E-state index contributed by atoms with van der Waals surface area (Å²) in [7, 11) is 1.19. The van der Waals surface area contributed by atoms with Gasteiger partial charge in [0.15, 0.2) is 11.5 Å². The van der Waals surface area contributed by atoms with E-state index in [4.69, 9.17) is 32.7 Å². The zero-order valence-electron chi connectivity index (χ0n) is 17.5. The van der Waals surface area contributed by atoms with Crippen LogP contribution in [0.3, 0.4) is 0 Å². The first-order valence-electron chi connectivity index (χ1n) is 9.58. The van der Waals surface area contributed by atoms with Gasteiger partial charge >= 0.3 is 5.97 Å². The summed E-state index contributed by atoms with van der Waals surface area (Å²) in [4.78, 5) is 37.2. The number of hydrogen-bond acceptors (Lipinski definition) is 7. The first kappa shape index (κ1) is 25.4. The normalized spacial score (nSPS) is 14.7. The largest absolute Gasteiger partial charge is 0.490 e. The quantitative estimate of drug-likeness (QED) is 0.285. The molecule has 0 spiro atoms. The van der Waals surface area contributed by atoms with Crippen molar-refractivity contribution in [2.45, 2.75) is 13.5 Å². The standard InChI is InChI=1S/C22H18BrCl2NO6S/c1-3-31-17-7-12(8-18-21(28)26(22(29)33-18)10-19(27)30-2)6-15(23)20(17)32-11-13-4-5-14(24)9-16(13)25/h4-9H,3,10-11H2,1-2H3/b18-8-. The van der Waals surface area contributed by atoms with Crippen molar-refractivity contribution in [1.82, 2.24) is 4.90 Å². The fourth-order valence-corrected chi connectivity index (χ4v) is 4.72. The van der Waals surface area contributed by atoms with Crippen LogP contribution in [0.4, 0.5) is 4.79 Å². The summed E-state index contributed by atoms with van der Waals surface area (Å²) in [6.45, 7) is 1.95. The summed E-state index contributed by atoms with van der Waals surface area (Å²) in [6.07, 6.45) is 1.55. The highest BCUT2D eigenvalue weighted by molar-refractivity contribution is 9.10. The van der Waals surface area contributed by atoms with Gasteiger partial charge in [0.2, 0.25) is 0 Å². The van der Waals surface area contributed by atoms with Crippen molar-refractivity contribution in [1.29, 1.82) is 0 Å². The molecule has 174 valence electrons. The summed E-state index contributed by atoms with van der Waals surface area (Å²) < 4.78 is 16.8. The highest BCUT2D eigenvalue weighted by Crippen LogP contribution is 2.40. The van der Waals surface area contributed by atoms with Gasteiger partial charge < -0.3 is 14.2 Å². The molecule has 0 unspecified atom stereocenters. The first-order chi connectivity index (χ1) is 15.7. The lowest BCUT2D eigenvalue weighted by Gasteiger charge is -2.15. The van der Waals surface area contributed by atoms with Crippen LogP contribution in [-0.4, -0.2) is 42.3 Å². The minimum atomic E-state index is -0.679. The molecule has 0 atom stereocenters. The molecular weight excluding hydrogens is 557 g/mol. The van der Waals surface area contributed by atoms with Gasteiger partial charge in [0.25, 0.3) is 11.1 Å². The van der Waals surface area contributed by atoms with Gasteiger partial charge in [-0.3, -0.25) is 19.3 Å². The van der Waals surface area contributed by atoms with Crippen molar-refractivity contribution in [3.63, 3.8) is 0 Å². The molecule has 0 bridgehead atoms. The van der Waals surface area contributed by atoms with Crippen molar-refractivity contribution in [3.05, 3.63) is 60.9 Å². The van der Waals surface area contributed by atoms with Crippen molar-refractivity contribution < 1.29 is 28.6 Å². The van der Waals surface area contributed by atoms with Crippen LogP contribution in [0.1, 0.15) is 18.1 Å². The number of benzene rings is 2. The molecule has 2 amide bonds. The molecular formula is C22H18BrCl2NO6S. The van der Waals surface area contributed by atoms with Crippen molar-refractivity contribution in [2.75, 3.05) is 20.3 Å². The number of rotatable bonds is 8. The molecule has 2 aromatic rings. The molecule has 33 heavy (non-hydrogen) atoms. The predicted octanol–water partition coefficient (Wildman–Crippen LogP) is 5.94. The van der Waals surface area contributed by atoms with Gasteiger partial charge in [-0.05, 0) is 70.5 Å². The third-order valence-corrected chi connectivity index (χ3v) is 6.49. The van der Waals surface area contributed by atoms with Crippen LogP contribution in [0.15, 0.2) is 39.7 Å². The molecule has 0 N–H and O–H groups in total. The van der Waals surface area contributed by atoms with Crippen LogP contribution in [0.5, 0.6) is 11.5 Å². The van der Waals surface area contributed by atoms with E-state index in [-0.39, 0.29) is 11.5 Å². The average molecular weight is 575 g/mol. The van der Waals surface area contributed by atoms with E-state index >= 15 is 0 Å². The topological polar surface area (TPSA) is 82.1 Å². The monoisotopic (exact) mass is 573 g/mol. The van der Waals surface area contributed by atoms with Crippen molar-refractivity contribution in [2.24, 2.45) is 0 Å². The van der Waals surface area contributed by atoms with Crippen LogP contribution in [-0.2, 0) is 20.9 Å². The van der Waals surface area contributed by atoms with E-state index < -0.39 is 23.7 Å². The first-order valence-corrected chi connectivity index (χ1v) is 11.9. The number of hydrogen-bond donors (Lipinski definition) is 0. The molecule has 1 fully saturated rings. The minimum Gasteiger partial charge on any atom is -0.490 e. The molecule has 1 aliphatic heterocycles. The Morgan fingerprint density at radius 1 is 1.18 bits per heavy atom. The molecule has 0 saturated carbocycles. The molecule has 0 aromatic heterocycles. The van der Waals surface area contributed by atoms with Gasteiger partial charge in [-0.15, -0.1) is 0 Å². The zero-order chi connectivity index (χ0) is 24.1. The maximum atomic E-state index is 12.6. The molecule has 1 heterocycles. The van der Waals surface area contributed by atoms with Crippen molar-refractivity contribution >= 4 is 74.1 Å². The lowest BCUT2D eigenvalue weighted by atomic mass is 10.1. The van der Waals surface area contributed by atoms with Crippen LogP contribution in [0, 0.1) is 0 Å². The number of thioether (sulfide) groups is 1. The van der Waals surface area contributed by atoms with Crippen LogP contribution >= 0.6 is 50.9 Å². The third kappa shape index (κ3) is 6.23.